The Morgan fingerprint density at radius 3 is 2.65 bits per heavy atom. The molecule has 0 aromatic heterocycles. The summed E-state index contributed by atoms with van der Waals surface area (Å²) in [5.41, 5.74) is 1.19. The fraction of sp³-hybridized carbons (Fsp3) is 0.600. The van der Waals surface area contributed by atoms with Crippen LogP contribution in [0.4, 0.5) is 0 Å². The molecule has 0 unspecified atom stereocenters. The number of ether oxygens (including phenoxy) is 2. The molecule has 0 aliphatic heterocycles. The van der Waals surface area contributed by atoms with E-state index in [1.54, 1.807) is 7.11 Å². The van der Waals surface area contributed by atoms with Crippen molar-refractivity contribution < 1.29 is 14.6 Å². The molecule has 0 saturated heterocycles. The summed E-state index contributed by atoms with van der Waals surface area (Å²) in [7, 11) is 1.63. The van der Waals surface area contributed by atoms with Crippen molar-refractivity contribution in [3.8, 4) is 11.5 Å². The van der Waals surface area contributed by atoms with Gasteiger partial charge in [-0.15, -0.1) is 12.4 Å². The van der Waals surface area contributed by atoms with E-state index in [0.717, 1.165) is 12.3 Å². The normalized spacial score (nSPS) is 14.9. The van der Waals surface area contributed by atoms with Gasteiger partial charge in [-0.2, -0.15) is 0 Å². The SMILES string of the molecule is COc1cc(CNC2CCCC2)ccc1OCCO.Cl. The molecule has 0 atom stereocenters. The van der Waals surface area contributed by atoms with Crippen LogP contribution in [0, 0.1) is 0 Å². The quantitative estimate of drug-likeness (QED) is 0.812. The van der Waals surface area contributed by atoms with Gasteiger partial charge in [0.15, 0.2) is 11.5 Å². The van der Waals surface area contributed by atoms with Crippen molar-refractivity contribution >= 4 is 12.4 Å². The Balaban J connectivity index is 0.00000200. The predicted octanol–water partition coefficient (Wildman–Crippen LogP) is 2.52. The smallest absolute Gasteiger partial charge is 0.161 e. The molecule has 1 aromatic carbocycles. The topological polar surface area (TPSA) is 50.7 Å². The third-order valence-corrected chi connectivity index (χ3v) is 3.53. The van der Waals surface area contributed by atoms with E-state index in [2.05, 4.69) is 5.32 Å². The molecular formula is C15H24ClNO3. The molecule has 2 rings (SSSR count). The monoisotopic (exact) mass is 301 g/mol. The lowest BCUT2D eigenvalue weighted by Gasteiger charge is -2.14. The van der Waals surface area contributed by atoms with Crippen LogP contribution < -0.4 is 14.8 Å². The van der Waals surface area contributed by atoms with E-state index in [4.69, 9.17) is 14.6 Å². The number of rotatable bonds is 7. The molecule has 114 valence electrons. The molecule has 1 aliphatic carbocycles. The second-order valence-corrected chi connectivity index (χ2v) is 4.92. The first kappa shape index (κ1) is 17.1. The predicted molar refractivity (Wildman–Crippen MR) is 81.9 cm³/mol. The Bertz CT molecular complexity index is 395. The number of hydrogen-bond donors (Lipinski definition) is 2. The van der Waals surface area contributed by atoms with Gasteiger partial charge in [0.2, 0.25) is 0 Å². The van der Waals surface area contributed by atoms with Crippen molar-refractivity contribution in [1.82, 2.24) is 5.32 Å². The van der Waals surface area contributed by atoms with Gasteiger partial charge in [-0.25, -0.2) is 0 Å². The van der Waals surface area contributed by atoms with Crippen LogP contribution in [0.3, 0.4) is 0 Å². The molecule has 1 aliphatic rings. The minimum atomic E-state index is 0. The van der Waals surface area contributed by atoms with Crippen molar-refractivity contribution in [2.24, 2.45) is 0 Å². The van der Waals surface area contributed by atoms with E-state index in [1.807, 2.05) is 18.2 Å². The number of benzene rings is 1. The van der Waals surface area contributed by atoms with E-state index in [0.29, 0.717) is 11.8 Å². The third-order valence-electron chi connectivity index (χ3n) is 3.53. The van der Waals surface area contributed by atoms with Crippen molar-refractivity contribution in [2.75, 3.05) is 20.3 Å². The molecule has 4 nitrogen and oxygen atoms in total. The minimum absolute atomic E-state index is 0. The molecule has 0 spiro atoms. The van der Waals surface area contributed by atoms with Gasteiger partial charge in [-0.1, -0.05) is 18.9 Å². The van der Waals surface area contributed by atoms with Crippen LogP contribution in [0.15, 0.2) is 18.2 Å². The lowest BCUT2D eigenvalue weighted by atomic mass is 10.1. The average molecular weight is 302 g/mol. The maximum Gasteiger partial charge on any atom is 0.161 e. The first-order valence-corrected chi connectivity index (χ1v) is 6.97. The van der Waals surface area contributed by atoms with Crippen LogP contribution in [0.1, 0.15) is 31.2 Å². The van der Waals surface area contributed by atoms with Gasteiger partial charge < -0.3 is 19.9 Å². The Morgan fingerprint density at radius 2 is 2.00 bits per heavy atom. The first-order chi connectivity index (χ1) is 9.33. The molecule has 5 heteroatoms. The van der Waals surface area contributed by atoms with E-state index in [9.17, 15) is 0 Å². The maximum absolute atomic E-state index is 8.78. The summed E-state index contributed by atoms with van der Waals surface area (Å²) in [6, 6.07) is 6.60. The van der Waals surface area contributed by atoms with Gasteiger partial charge in [-0.3, -0.25) is 0 Å². The van der Waals surface area contributed by atoms with Crippen molar-refractivity contribution in [1.29, 1.82) is 0 Å². The van der Waals surface area contributed by atoms with E-state index in [-0.39, 0.29) is 25.6 Å². The number of nitrogens with one attached hydrogen (secondary N) is 1. The molecule has 1 saturated carbocycles. The minimum Gasteiger partial charge on any atom is -0.493 e. The van der Waals surface area contributed by atoms with Gasteiger partial charge in [0.1, 0.15) is 6.61 Å². The highest BCUT2D eigenvalue weighted by Gasteiger charge is 2.14. The van der Waals surface area contributed by atoms with Gasteiger partial charge >= 0.3 is 0 Å². The lowest BCUT2D eigenvalue weighted by molar-refractivity contribution is 0.196. The van der Waals surface area contributed by atoms with Gasteiger partial charge in [0.05, 0.1) is 13.7 Å². The number of aliphatic hydroxyl groups excluding tert-OH is 1. The largest absolute Gasteiger partial charge is 0.493 e. The van der Waals surface area contributed by atoms with Gasteiger partial charge in [0, 0.05) is 12.6 Å². The number of halogens is 1. The molecule has 0 amide bonds. The zero-order valence-electron chi connectivity index (χ0n) is 11.9. The Morgan fingerprint density at radius 1 is 1.25 bits per heavy atom. The highest BCUT2D eigenvalue weighted by molar-refractivity contribution is 5.85. The molecule has 2 N–H and O–H groups in total. The average Bonchev–Trinajstić information content (AvgIpc) is 2.96. The third kappa shape index (κ3) is 4.85. The molecule has 1 fully saturated rings. The summed E-state index contributed by atoms with van der Waals surface area (Å²) in [4.78, 5) is 0. The van der Waals surface area contributed by atoms with Crippen LogP contribution in [0.2, 0.25) is 0 Å². The molecule has 0 radical (unpaired) electrons. The Labute approximate surface area is 126 Å². The van der Waals surface area contributed by atoms with Crippen LogP contribution in [-0.4, -0.2) is 31.5 Å². The summed E-state index contributed by atoms with van der Waals surface area (Å²) >= 11 is 0. The number of hydrogen-bond acceptors (Lipinski definition) is 4. The van der Waals surface area contributed by atoms with Crippen LogP contribution >= 0.6 is 12.4 Å². The molecular weight excluding hydrogens is 278 g/mol. The zero-order valence-corrected chi connectivity index (χ0v) is 12.7. The molecule has 20 heavy (non-hydrogen) atoms. The van der Waals surface area contributed by atoms with Gasteiger partial charge in [-0.05, 0) is 30.5 Å². The summed E-state index contributed by atoms with van der Waals surface area (Å²) in [5.74, 6) is 1.40. The summed E-state index contributed by atoms with van der Waals surface area (Å²) in [5, 5.41) is 12.4. The zero-order chi connectivity index (χ0) is 13.5. The van der Waals surface area contributed by atoms with E-state index < -0.39 is 0 Å². The second kappa shape index (κ2) is 9.06. The standard InChI is InChI=1S/C15H23NO3.ClH/c1-18-15-10-12(6-7-14(15)19-9-8-17)11-16-13-4-2-3-5-13;/h6-7,10,13,16-17H,2-5,8-9,11H2,1H3;1H. The van der Waals surface area contributed by atoms with E-state index >= 15 is 0 Å². The van der Waals surface area contributed by atoms with Crippen molar-refractivity contribution in [3.05, 3.63) is 23.8 Å². The Hall–Kier alpha value is -0.970. The van der Waals surface area contributed by atoms with Crippen molar-refractivity contribution in [2.45, 2.75) is 38.3 Å². The van der Waals surface area contributed by atoms with Gasteiger partial charge in [0.25, 0.3) is 0 Å². The first-order valence-electron chi connectivity index (χ1n) is 6.97. The Kier molecular flexibility index (Phi) is 7.73. The fourth-order valence-corrected chi connectivity index (χ4v) is 2.49. The highest BCUT2D eigenvalue weighted by Crippen LogP contribution is 2.28. The number of aliphatic hydroxyl groups is 1. The van der Waals surface area contributed by atoms with Crippen LogP contribution in [-0.2, 0) is 6.54 Å². The number of methoxy groups -OCH3 is 1. The van der Waals surface area contributed by atoms with Crippen molar-refractivity contribution in [3.63, 3.8) is 0 Å². The second-order valence-electron chi connectivity index (χ2n) is 4.92. The molecule has 0 heterocycles. The van der Waals surface area contributed by atoms with E-state index in [1.165, 1.54) is 31.2 Å². The summed E-state index contributed by atoms with van der Waals surface area (Å²) in [6.45, 7) is 1.16. The maximum atomic E-state index is 8.78. The highest BCUT2D eigenvalue weighted by atomic mass is 35.5. The lowest BCUT2D eigenvalue weighted by Crippen LogP contribution is -2.25. The fourth-order valence-electron chi connectivity index (χ4n) is 2.49. The van der Waals surface area contributed by atoms with Crippen LogP contribution in [0.5, 0.6) is 11.5 Å². The molecule has 0 bridgehead atoms. The summed E-state index contributed by atoms with van der Waals surface area (Å²) in [6.07, 6.45) is 5.26. The summed E-state index contributed by atoms with van der Waals surface area (Å²) < 4.78 is 10.7. The molecule has 1 aromatic rings. The van der Waals surface area contributed by atoms with Crippen LogP contribution in [0.25, 0.3) is 0 Å².